The van der Waals surface area contributed by atoms with Crippen LogP contribution >= 0.6 is 11.6 Å². The van der Waals surface area contributed by atoms with Crippen molar-refractivity contribution in [3.8, 4) is 0 Å². The second-order valence-electron chi connectivity index (χ2n) is 7.41. The molecule has 2 aliphatic heterocycles. The van der Waals surface area contributed by atoms with Crippen LogP contribution in [0.5, 0.6) is 0 Å². The van der Waals surface area contributed by atoms with Crippen molar-refractivity contribution in [1.82, 2.24) is 4.90 Å². The number of carbonyl (C=O) groups is 1. The average Bonchev–Trinajstić information content (AvgIpc) is 2.95. The van der Waals surface area contributed by atoms with Gasteiger partial charge in [0.15, 0.2) is 9.84 Å². The number of carbonyl (C=O) groups excluding carboxylic acids is 1. The van der Waals surface area contributed by atoms with E-state index in [1.54, 1.807) is 12.1 Å². The van der Waals surface area contributed by atoms with Gasteiger partial charge in [-0.2, -0.15) is 0 Å². The summed E-state index contributed by atoms with van der Waals surface area (Å²) in [4.78, 5) is 16.9. The number of likely N-dealkylation sites (tertiary alicyclic amines) is 1. The minimum atomic E-state index is -2.87. The molecule has 1 unspecified atom stereocenters. The minimum Gasteiger partial charge on any atom is -0.376 e. The molecule has 0 spiro atoms. The van der Waals surface area contributed by atoms with Gasteiger partial charge in [0.05, 0.1) is 22.9 Å². The van der Waals surface area contributed by atoms with Gasteiger partial charge in [0.2, 0.25) is 5.91 Å². The lowest BCUT2D eigenvalue weighted by molar-refractivity contribution is -0.121. The molecule has 0 bridgehead atoms. The van der Waals surface area contributed by atoms with Crippen LogP contribution in [0.3, 0.4) is 0 Å². The molecule has 2 saturated heterocycles. The molecule has 1 atom stereocenters. The quantitative estimate of drug-likeness (QED) is 0.840. The van der Waals surface area contributed by atoms with Crippen LogP contribution in [0.25, 0.3) is 0 Å². The molecule has 0 saturated carbocycles. The first-order valence-electron chi connectivity index (χ1n) is 8.97. The highest BCUT2D eigenvalue weighted by Gasteiger charge is 2.35. The summed E-state index contributed by atoms with van der Waals surface area (Å²) in [7, 11) is 0.977. The lowest BCUT2D eigenvalue weighted by Gasteiger charge is -2.35. The molecule has 1 amide bonds. The number of nitrogens with one attached hydrogen (secondary N) is 1. The van der Waals surface area contributed by atoms with Gasteiger partial charge in [0, 0.05) is 31.1 Å². The molecular formula is C18H26ClN3O3S. The first-order chi connectivity index (χ1) is 12.2. The number of nitrogens with zero attached hydrogens (tertiary/aromatic N) is 2. The largest absolute Gasteiger partial charge is 0.376 e. The number of piperidine rings is 1. The molecule has 6 nitrogen and oxygen atoms in total. The summed E-state index contributed by atoms with van der Waals surface area (Å²) < 4.78 is 23.3. The van der Waals surface area contributed by atoms with Crippen LogP contribution in [0.1, 0.15) is 19.3 Å². The van der Waals surface area contributed by atoms with Gasteiger partial charge < -0.3 is 10.2 Å². The number of rotatable bonds is 4. The zero-order chi connectivity index (χ0) is 18.9. The van der Waals surface area contributed by atoms with E-state index in [1.165, 1.54) is 0 Å². The maximum Gasteiger partial charge on any atom is 0.227 e. The number of hydrogen-bond acceptors (Lipinski definition) is 5. The van der Waals surface area contributed by atoms with E-state index >= 15 is 0 Å². The summed E-state index contributed by atoms with van der Waals surface area (Å²) in [5.74, 6) is 0.506. The third-order valence-corrected chi connectivity index (χ3v) is 7.31. The van der Waals surface area contributed by atoms with Crippen molar-refractivity contribution in [3.05, 3.63) is 23.2 Å². The molecule has 2 heterocycles. The van der Waals surface area contributed by atoms with Crippen molar-refractivity contribution in [3.63, 3.8) is 0 Å². The van der Waals surface area contributed by atoms with Crippen molar-refractivity contribution >= 4 is 38.7 Å². The Balaban J connectivity index is 1.59. The number of sulfone groups is 1. The van der Waals surface area contributed by atoms with Crippen molar-refractivity contribution < 1.29 is 13.2 Å². The van der Waals surface area contributed by atoms with Gasteiger partial charge in [0.25, 0.3) is 0 Å². The number of halogens is 1. The van der Waals surface area contributed by atoms with E-state index in [1.807, 2.05) is 25.1 Å². The lowest BCUT2D eigenvalue weighted by atomic mass is 9.94. The van der Waals surface area contributed by atoms with Crippen molar-refractivity contribution in [2.45, 2.75) is 25.3 Å². The van der Waals surface area contributed by atoms with Gasteiger partial charge >= 0.3 is 0 Å². The second-order valence-corrected chi connectivity index (χ2v) is 10.1. The number of benzene rings is 1. The molecule has 0 aliphatic carbocycles. The summed E-state index contributed by atoms with van der Waals surface area (Å²) in [5.41, 5.74) is 1.63. The molecule has 0 aromatic heterocycles. The monoisotopic (exact) mass is 399 g/mol. The Hall–Kier alpha value is -1.31. The van der Waals surface area contributed by atoms with Gasteiger partial charge in [-0.1, -0.05) is 11.6 Å². The standard InChI is InChI=1S/C18H26ClN3O3S/c1-21(2)17-4-3-14(19)11-16(17)20-18(23)13-5-8-22(9-6-13)15-7-10-26(24,25)12-15/h3-4,11,13,15H,5-10,12H2,1-2H3,(H,20,23). The molecule has 0 radical (unpaired) electrons. The summed E-state index contributed by atoms with van der Waals surface area (Å²) in [5, 5.41) is 3.61. The fraction of sp³-hybridized carbons (Fsp3) is 0.611. The minimum absolute atomic E-state index is 0.00839. The predicted octanol–water partition coefficient (Wildman–Crippen LogP) is 2.24. The smallest absolute Gasteiger partial charge is 0.227 e. The Labute approximate surface area is 160 Å². The molecule has 3 rings (SSSR count). The van der Waals surface area contributed by atoms with E-state index < -0.39 is 9.84 Å². The molecule has 2 aliphatic rings. The molecule has 1 aromatic rings. The second kappa shape index (κ2) is 7.74. The first kappa shape index (κ1) is 19.5. The highest BCUT2D eigenvalue weighted by Crippen LogP contribution is 2.30. The molecule has 2 fully saturated rings. The van der Waals surface area contributed by atoms with Crippen LogP contribution in [-0.4, -0.2) is 64.0 Å². The van der Waals surface area contributed by atoms with Gasteiger partial charge in [0.1, 0.15) is 0 Å². The first-order valence-corrected chi connectivity index (χ1v) is 11.2. The van der Waals surface area contributed by atoms with Gasteiger partial charge in [-0.25, -0.2) is 8.42 Å². The molecule has 144 valence electrons. The van der Waals surface area contributed by atoms with Crippen molar-refractivity contribution in [2.24, 2.45) is 5.92 Å². The Bertz CT molecular complexity index is 774. The maximum absolute atomic E-state index is 12.7. The molecule has 26 heavy (non-hydrogen) atoms. The van der Waals surface area contributed by atoms with Crippen LogP contribution in [0.4, 0.5) is 11.4 Å². The van der Waals surface area contributed by atoms with E-state index in [2.05, 4.69) is 10.2 Å². The summed E-state index contributed by atoms with van der Waals surface area (Å²) >= 11 is 6.08. The Kier molecular flexibility index (Phi) is 5.79. The third-order valence-electron chi connectivity index (χ3n) is 5.32. The lowest BCUT2D eigenvalue weighted by Crippen LogP contribution is -2.44. The Morgan fingerprint density at radius 2 is 1.92 bits per heavy atom. The SMILES string of the molecule is CN(C)c1ccc(Cl)cc1NC(=O)C1CCN(C2CCS(=O)(=O)C2)CC1. The van der Waals surface area contributed by atoms with Crippen molar-refractivity contribution in [2.75, 3.05) is 48.9 Å². The third kappa shape index (κ3) is 4.50. The number of hydrogen-bond donors (Lipinski definition) is 1. The fourth-order valence-electron chi connectivity index (χ4n) is 3.82. The number of amides is 1. The zero-order valence-electron chi connectivity index (χ0n) is 15.2. The Morgan fingerprint density at radius 3 is 2.50 bits per heavy atom. The fourth-order valence-corrected chi connectivity index (χ4v) is 5.76. The van der Waals surface area contributed by atoms with Gasteiger partial charge in [-0.3, -0.25) is 9.69 Å². The van der Waals surface area contributed by atoms with E-state index in [0.717, 1.165) is 37.3 Å². The summed E-state index contributed by atoms with van der Waals surface area (Å²) in [6.45, 7) is 1.54. The molecule has 8 heteroatoms. The number of anilines is 2. The molecular weight excluding hydrogens is 374 g/mol. The van der Waals surface area contributed by atoms with Gasteiger partial charge in [-0.05, 0) is 50.6 Å². The van der Waals surface area contributed by atoms with Crippen LogP contribution in [0, 0.1) is 5.92 Å². The van der Waals surface area contributed by atoms with Crippen molar-refractivity contribution in [1.29, 1.82) is 0 Å². The molecule has 1 aromatic carbocycles. The van der Waals surface area contributed by atoms with E-state index in [9.17, 15) is 13.2 Å². The van der Waals surface area contributed by atoms with Crippen LogP contribution in [0.15, 0.2) is 18.2 Å². The Morgan fingerprint density at radius 1 is 1.23 bits per heavy atom. The zero-order valence-corrected chi connectivity index (χ0v) is 16.8. The van der Waals surface area contributed by atoms with Crippen LogP contribution in [-0.2, 0) is 14.6 Å². The highest BCUT2D eigenvalue weighted by molar-refractivity contribution is 7.91. The topological polar surface area (TPSA) is 69.7 Å². The van der Waals surface area contributed by atoms with Gasteiger partial charge in [-0.15, -0.1) is 0 Å². The normalized spacial score (nSPS) is 23.7. The summed E-state index contributed by atoms with van der Waals surface area (Å²) in [6.07, 6.45) is 2.22. The predicted molar refractivity (Wildman–Crippen MR) is 106 cm³/mol. The van der Waals surface area contributed by atoms with Crippen LogP contribution in [0.2, 0.25) is 5.02 Å². The summed E-state index contributed by atoms with van der Waals surface area (Å²) in [6, 6.07) is 5.59. The van der Waals surface area contributed by atoms with E-state index in [4.69, 9.17) is 11.6 Å². The molecule has 1 N–H and O–H groups in total. The average molecular weight is 400 g/mol. The highest BCUT2D eigenvalue weighted by atomic mass is 35.5. The van der Waals surface area contributed by atoms with Crippen LogP contribution < -0.4 is 10.2 Å². The van der Waals surface area contributed by atoms with E-state index in [0.29, 0.717) is 17.2 Å². The maximum atomic E-state index is 12.7. The van der Waals surface area contributed by atoms with E-state index in [-0.39, 0.29) is 23.6 Å².